The molecule has 0 bridgehead atoms. The van der Waals surface area contributed by atoms with Gasteiger partial charge in [-0.3, -0.25) is 10.0 Å². The van der Waals surface area contributed by atoms with Crippen molar-refractivity contribution in [2.45, 2.75) is 51.4 Å². The summed E-state index contributed by atoms with van der Waals surface area (Å²) in [5, 5.41) is 9.94. The van der Waals surface area contributed by atoms with Crippen molar-refractivity contribution in [3.05, 3.63) is 23.8 Å². The normalized spacial score (nSPS) is 17.6. The summed E-state index contributed by atoms with van der Waals surface area (Å²) in [5.74, 6) is -0.00612. The lowest BCUT2D eigenvalue weighted by molar-refractivity contribution is -0.137. The highest BCUT2D eigenvalue weighted by atomic mass is 19.4. The molecule has 158 valence electrons. The topological polar surface area (TPSA) is 71.5 Å². The Morgan fingerprint density at radius 1 is 1.32 bits per heavy atom. The van der Waals surface area contributed by atoms with Gasteiger partial charge in [-0.1, -0.05) is 0 Å². The van der Waals surface area contributed by atoms with E-state index in [0.29, 0.717) is 13.0 Å². The monoisotopic (exact) mass is 406 g/mol. The summed E-state index contributed by atoms with van der Waals surface area (Å²) < 4.78 is 49.8. The van der Waals surface area contributed by atoms with Gasteiger partial charge in [0.05, 0.1) is 18.7 Å². The minimum absolute atomic E-state index is 0.00612. The summed E-state index contributed by atoms with van der Waals surface area (Å²) in [7, 11) is 1.10. The first-order valence-electron chi connectivity index (χ1n) is 8.79. The first-order chi connectivity index (χ1) is 12.9. The molecule has 1 amide bonds. The maximum absolute atomic E-state index is 12.9. The van der Waals surface area contributed by atoms with Gasteiger partial charge in [0, 0.05) is 6.54 Å². The van der Waals surface area contributed by atoms with Gasteiger partial charge in [-0.2, -0.15) is 13.2 Å². The number of halogens is 3. The molecule has 1 heterocycles. The number of carbonyl (C=O) groups excluding carboxylic acids is 1. The van der Waals surface area contributed by atoms with Gasteiger partial charge in [-0.05, 0) is 51.8 Å². The van der Waals surface area contributed by atoms with E-state index in [-0.39, 0.29) is 29.3 Å². The molecule has 0 aliphatic carbocycles. The molecule has 1 unspecified atom stereocenters. The number of amides is 1. The summed E-state index contributed by atoms with van der Waals surface area (Å²) in [6, 6.07) is 2.38. The van der Waals surface area contributed by atoms with Crippen molar-refractivity contribution in [2.75, 3.05) is 25.5 Å². The molecule has 0 aromatic heterocycles. The highest BCUT2D eigenvalue weighted by molar-refractivity contribution is 5.69. The second-order valence-electron chi connectivity index (χ2n) is 7.42. The summed E-state index contributed by atoms with van der Waals surface area (Å²) in [4.78, 5) is 18.4. The van der Waals surface area contributed by atoms with Crippen molar-refractivity contribution in [2.24, 2.45) is 0 Å². The number of carbonyl (C=O) groups is 1. The Kier molecular flexibility index (Phi) is 6.66. The van der Waals surface area contributed by atoms with Crippen molar-refractivity contribution < 1.29 is 37.5 Å². The number of hydrogen-bond acceptors (Lipinski definition) is 6. The Bertz CT molecular complexity index is 691. The van der Waals surface area contributed by atoms with Crippen molar-refractivity contribution in [1.82, 2.24) is 4.90 Å². The van der Waals surface area contributed by atoms with E-state index in [2.05, 4.69) is 4.84 Å². The maximum atomic E-state index is 12.9. The van der Waals surface area contributed by atoms with Crippen molar-refractivity contribution in [3.63, 3.8) is 0 Å². The number of hydrogen-bond donors (Lipinski definition) is 1. The third-order valence-electron chi connectivity index (χ3n) is 4.10. The lowest BCUT2D eigenvalue weighted by Crippen LogP contribution is -2.42. The van der Waals surface area contributed by atoms with Crippen LogP contribution in [0.15, 0.2) is 18.2 Å². The third-order valence-corrected chi connectivity index (χ3v) is 4.10. The fourth-order valence-electron chi connectivity index (χ4n) is 2.82. The lowest BCUT2D eigenvalue weighted by atomic mass is 10.1. The molecule has 28 heavy (non-hydrogen) atoms. The number of alkyl halides is 3. The Balaban J connectivity index is 2.13. The third kappa shape index (κ3) is 5.65. The van der Waals surface area contributed by atoms with Gasteiger partial charge in [0.1, 0.15) is 23.6 Å². The Hall–Kier alpha value is -2.20. The van der Waals surface area contributed by atoms with Crippen molar-refractivity contribution in [3.8, 4) is 5.75 Å². The van der Waals surface area contributed by atoms with Gasteiger partial charge in [0.15, 0.2) is 0 Å². The van der Waals surface area contributed by atoms with E-state index in [0.717, 1.165) is 31.7 Å². The zero-order chi connectivity index (χ0) is 21.1. The van der Waals surface area contributed by atoms with Crippen LogP contribution in [-0.4, -0.2) is 48.1 Å². The highest BCUT2D eigenvalue weighted by Crippen LogP contribution is 2.36. The second kappa shape index (κ2) is 8.44. The molecule has 1 aromatic carbocycles. The molecule has 0 radical (unpaired) electrons. The van der Waals surface area contributed by atoms with Crippen molar-refractivity contribution in [1.29, 1.82) is 0 Å². The minimum Gasteiger partial charge on any atom is -0.489 e. The molecule has 2 rings (SSSR count). The largest absolute Gasteiger partial charge is 0.489 e. The molecule has 1 aliphatic rings. The molecule has 1 fully saturated rings. The van der Waals surface area contributed by atoms with Crippen LogP contribution in [0.3, 0.4) is 0 Å². The predicted octanol–water partition coefficient (Wildman–Crippen LogP) is 4.24. The molecule has 0 saturated carbocycles. The lowest BCUT2D eigenvalue weighted by Gasteiger charge is -2.29. The van der Waals surface area contributed by atoms with Crippen molar-refractivity contribution >= 4 is 11.8 Å². The molecular formula is C18H25F3N2O5. The summed E-state index contributed by atoms with van der Waals surface area (Å²) in [6.45, 7) is 5.84. The van der Waals surface area contributed by atoms with E-state index in [1.807, 2.05) is 0 Å². The SMILES string of the molecule is CON(O)c1cc(C(F)(F)F)ccc1OCC1CCCN1C(=O)OC(C)(C)C. The Labute approximate surface area is 161 Å². The first-order valence-corrected chi connectivity index (χ1v) is 8.79. The fraction of sp³-hybridized carbons (Fsp3) is 0.611. The smallest absolute Gasteiger partial charge is 0.416 e. The summed E-state index contributed by atoms with van der Waals surface area (Å²) >= 11 is 0. The first kappa shape index (κ1) is 22.1. The molecule has 10 heteroatoms. The number of nitrogens with zero attached hydrogens (tertiary/aromatic N) is 2. The van der Waals surface area contributed by atoms with E-state index in [4.69, 9.17) is 9.47 Å². The van der Waals surface area contributed by atoms with Crippen LogP contribution >= 0.6 is 0 Å². The summed E-state index contributed by atoms with van der Waals surface area (Å²) in [5.41, 5.74) is -1.89. The number of likely N-dealkylation sites (tertiary alicyclic amines) is 1. The van der Waals surface area contributed by atoms with Crippen LogP contribution in [0.25, 0.3) is 0 Å². The van der Waals surface area contributed by atoms with E-state index >= 15 is 0 Å². The minimum atomic E-state index is -4.58. The van der Waals surface area contributed by atoms with E-state index in [9.17, 15) is 23.2 Å². The van der Waals surface area contributed by atoms with Gasteiger partial charge in [0.25, 0.3) is 0 Å². The van der Waals surface area contributed by atoms with Gasteiger partial charge in [-0.25, -0.2) is 4.79 Å². The van der Waals surface area contributed by atoms with Crippen LogP contribution < -0.4 is 9.96 Å². The van der Waals surface area contributed by atoms with Gasteiger partial charge < -0.3 is 14.4 Å². The quantitative estimate of drug-likeness (QED) is 0.738. The maximum Gasteiger partial charge on any atom is 0.416 e. The fourth-order valence-corrected chi connectivity index (χ4v) is 2.82. The van der Waals surface area contributed by atoms with Crippen LogP contribution in [0.5, 0.6) is 5.75 Å². The molecule has 1 saturated heterocycles. The standard InChI is InChI=1S/C18H25F3N2O5/c1-17(2,3)28-16(24)22-9-5-6-13(22)11-27-15-8-7-12(18(19,20)21)10-14(15)23(25)26-4/h7-8,10,13,25H,5-6,9,11H2,1-4H3. The van der Waals surface area contributed by atoms with Crippen LogP contribution in [0, 0.1) is 0 Å². The zero-order valence-corrected chi connectivity index (χ0v) is 16.2. The van der Waals surface area contributed by atoms with Crippen LogP contribution in [0.4, 0.5) is 23.7 Å². The van der Waals surface area contributed by atoms with Crippen LogP contribution in [-0.2, 0) is 15.8 Å². The second-order valence-corrected chi connectivity index (χ2v) is 7.42. The zero-order valence-electron chi connectivity index (χ0n) is 16.2. The number of benzene rings is 1. The van der Waals surface area contributed by atoms with Crippen LogP contribution in [0.2, 0.25) is 0 Å². The number of anilines is 1. The molecule has 1 N–H and O–H groups in total. The number of rotatable bonds is 5. The predicted molar refractivity (Wildman–Crippen MR) is 94.2 cm³/mol. The average Bonchev–Trinajstić information content (AvgIpc) is 3.05. The highest BCUT2D eigenvalue weighted by Gasteiger charge is 2.34. The Morgan fingerprint density at radius 3 is 2.57 bits per heavy atom. The molecule has 1 aromatic rings. The van der Waals surface area contributed by atoms with Gasteiger partial charge in [0.2, 0.25) is 0 Å². The Morgan fingerprint density at radius 2 is 2.00 bits per heavy atom. The molecule has 1 aliphatic heterocycles. The summed E-state index contributed by atoms with van der Waals surface area (Å²) in [6.07, 6.45) is -3.62. The van der Waals surface area contributed by atoms with Crippen LogP contribution in [0.1, 0.15) is 39.2 Å². The van der Waals surface area contributed by atoms with E-state index in [1.54, 1.807) is 25.7 Å². The average molecular weight is 406 g/mol. The number of ether oxygens (including phenoxy) is 2. The molecule has 0 spiro atoms. The van der Waals surface area contributed by atoms with Gasteiger partial charge >= 0.3 is 12.3 Å². The van der Waals surface area contributed by atoms with E-state index < -0.39 is 23.4 Å². The van der Waals surface area contributed by atoms with E-state index in [1.165, 1.54) is 0 Å². The molecule has 7 nitrogen and oxygen atoms in total. The molecule has 1 atom stereocenters. The molecular weight excluding hydrogens is 381 g/mol. The van der Waals surface area contributed by atoms with Gasteiger partial charge in [-0.15, -0.1) is 5.23 Å².